The summed E-state index contributed by atoms with van der Waals surface area (Å²) in [5.74, 6) is 2.80. The number of furan rings is 1. The molecule has 1 amide bonds. The summed E-state index contributed by atoms with van der Waals surface area (Å²) < 4.78 is 28.0. The Balaban J connectivity index is 1.60. The minimum Gasteiger partial charge on any atom is -0.495 e. The molecule has 4 aromatic rings. The van der Waals surface area contributed by atoms with Crippen molar-refractivity contribution in [3.63, 3.8) is 0 Å². The van der Waals surface area contributed by atoms with Crippen molar-refractivity contribution in [1.82, 2.24) is 4.98 Å². The van der Waals surface area contributed by atoms with Crippen LogP contribution in [0.1, 0.15) is 16.1 Å². The number of anilines is 1. The van der Waals surface area contributed by atoms with Gasteiger partial charge < -0.3 is 23.4 Å². The number of nitrogens with zero attached hydrogens (tertiary/aromatic N) is 2. The van der Waals surface area contributed by atoms with Gasteiger partial charge >= 0.3 is 0 Å². The van der Waals surface area contributed by atoms with Crippen LogP contribution in [-0.2, 0) is 6.54 Å². The highest BCUT2D eigenvalue weighted by molar-refractivity contribution is 7.22. The molecule has 31 heavy (non-hydrogen) atoms. The van der Waals surface area contributed by atoms with Crippen LogP contribution < -0.4 is 23.8 Å². The fraction of sp³-hybridized carbons (Fsp3) is 0.182. The molecule has 8 nitrogen and oxygen atoms in total. The number of amides is 1. The molecular weight excluding hydrogens is 420 g/mol. The molecule has 0 N–H and O–H groups in total. The van der Waals surface area contributed by atoms with Crippen LogP contribution in [0.5, 0.6) is 23.0 Å². The van der Waals surface area contributed by atoms with E-state index in [1.165, 1.54) is 11.3 Å². The zero-order valence-electron chi connectivity index (χ0n) is 16.8. The summed E-state index contributed by atoms with van der Waals surface area (Å²) in [7, 11) is 3.18. The second-order valence-electron chi connectivity index (χ2n) is 6.68. The average Bonchev–Trinajstić information content (AvgIpc) is 3.56. The lowest BCUT2D eigenvalue weighted by molar-refractivity contribution is 0.0982. The molecule has 5 rings (SSSR count). The lowest BCUT2D eigenvalue weighted by Gasteiger charge is -2.19. The SMILES string of the molecule is COc1ccc(OC)c2sc(N(Cc3ccco3)C(=O)c3ccc4c(c3)OCO4)nc12. The van der Waals surface area contributed by atoms with E-state index in [0.717, 1.165) is 4.70 Å². The molecule has 1 aliphatic rings. The van der Waals surface area contributed by atoms with Crippen LogP contribution in [0, 0.1) is 0 Å². The van der Waals surface area contributed by atoms with Gasteiger partial charge in [0.1, 0.15) is 27.5 Å². The summed E-state index contributed by atoms with van der Waals surface area (Å²) in [5.41, 5.74) is 1.08. The van der Waals surface area contributed by atoms with E-state index in [2.05, 4.69) is 0 Å². The Morgan fingerprint density at radius 2 is 1.90 bits per heavy atom. The first-order chi connectivity index (χ1) is 15.2. The van der Waals surface area contributed by atoms with Crippen LogP contribution in [-0.4, -0.2) is 31.9 Å². The standard InChI is InChI=1S/C22H18N2O6S/c1-26-16-7-8-17(27-2)20-19(16)23-22(31-20)24(11-14-4-3-9-28-14)21(25)13-5-6-15-18(10-13)30-12-29-15/h3-10H,11-12H2,1-2H3. The van der Waals surface area contributed by atoms with E-state index >= 15 is 0 Å². The summed E-state index contributed by atoms with van der Waals surface area (Å²) in [6.45, 7) is 0.352. The van der Waals surface area contributed by atoms with Gasteiger partial charge in [-0.05, 0) is 42.5 Å². The third-order valence-corrected chi connectivity index (χ3v) is 5.98. The Hall–Kier alpha value is -3.72. The second-order valence-corrected chi connectivity index (χ2v) is 7.66. The molecule has 0 aliphatic carbocycles. The minimum atomic E-state index is -0.244. The first-order valence-corrected chi connectivity index (χ1v) is 10.2. The van der Waals surface area contributed by atoms with Gasteiger partial charge in [-0.25, -0.2) is 4.98 Å². The van der Waals surface area contributed by atoms with Crippen LogP contribution in [0.25, 0.3) is 10.2 Å². The van der Waals surface area contributed by atoms with E-state index < -0.39 is 0 Å². The zero-order valence-corrected chi connectivity index (χ0v) is 17.6. The molecular formula is C22H18N2O6S. The molecule has 3 heterocycles. The molecule has 0 saturated carbocycles. The highest BCUT2D eigenvalue weighted by atomic mass is 32.1. The van der Waals surface area contributed by atoms with E-state index in [9.17, 15) is 4.79 Å². The maximum Gasteiger partial charge on any atom is 0.260 e. The average molecular weight is 438 g/mol. The van der Waals surface area contributed by atoms with Gasteiger partial charge in [0.05, 0.1) is 27.0 Å². The van der Waals surface area contributed by atoms with Gasteiger partial charge in [0.2, 0.25) is 6.79 Å². The number of carbonyl (C=O) groups is 1. The molecule has 2 aromatic carbocycles. The van der Waals surface area contributed by atoms with E-state index in [4.69, 9.17) is 28.3 Å². The van der Waals surface area contributed by atoms with E-state index in [-0.39, 0.29) is 19.2 Å². The van der Waals surface area contributed by atoms with E-state index in [0.29, 0.717) is 45.0 Å². The maximum absolute atomic E-state index is 13.5. The molecule has 0 fully saturated rings. The van der Waals surface area contributed by atoms with Crippen molar-refractivity contribution >= 4 is 32.6 Å². The Kier molecular flexibility index (Phi) is 4.87. The number of thiazole rings is 1. The number of rotatable bonds is 6. The summed E-state index contributed by atoms with van der Waals surface area (Å²) in [6.07, 6.45) is 1.57. The van der Waals surface area contributed by atoms with Crippen LogP contribution in [0.3, 0.4) is 0 Å². The van der Waals surface area contributed by atoms with Crippen molar-refractivity contribution in [2.45, 2.75) is 6.54 Å². The van der Waals surface area contributed by atoms with E-state index in [1.807, 2.05) is 12.1 Å². The molecule has 1 aliphatic heterocycles. The molecule has 0 unspecified atom stereocenters. The third-order valence-electron chi connectivity index (χ3n) is 4.89. The van der Waals surface area contributed by atoms with Crippen LogP contribution >= 0.6 is 11.3 Å². The monoisotopic (exact) mass is 438 g/mol. The number of fused-ring (bicyclic) bond motifs is 2. The number of aromatic nitrogens is 1. The fourth-order valence-corrected chi connectivity index (χ4v) is 4.43. The highest BCUT2D eigenvalue weighted by Crippen LogP contribution is 2.41. The maximum atomic E-state index is 13.5. The van der Waals surface area contributed by atoms with Crippen LogP contribution in [0.4, 0.5) is 5.13 Å². The predicted molar refractivity (Wildman–Crippen MR) is 115 cm³/mol. The number of carbonyl (C=O) groups excluding carboxylic acids is 1. The Bertz CT molecular complexity index is 1210. The van der Waals surface area contributed by atoms with Gasteiger partial charge in [-0.3, -0.25) is 9.69 Å². The Morgan fingerprint density at radius 1 is 1.10 bits per heavy atom. The van der Waals surface area contributed by atoms with Crippen molar-refractivity contribution in [1.29, 1.82) is 0 Å². The van der Waals surface area contributed by atoms with Crippen LogP contribution in [0.2, 0.25) is 0 Å². The van der Waals surface area contributed by atoms with Gasteiger partial charge in [-0.1, -0.05) is 11.3 Å². The summed E-state index contributed by atoms with van der Waals surface area (Å²) >= 11 is 1.35. The fourth-order valence-electron chi connectivity index (χ4n) is 3.36. The first-order valence-electron chi connectivity index (χ1n) is 9.43. The molecule has 0 atom stereocenters. The molecule has 0 bridgehead atoms. The largest absolute Gasteiger partial charge is 0.495 e. The number of ether oxygens (including phenoxy) is 4. The van der Waals surface area contributed by atoms with Gasteiger partial charge in [0.15, 0.2) is 16.6 Å². The van der Waals surface area contributed by atoms with Crippen LogP contribution in [0.15, 0.2) is 53.1 Å². The second kappa shape index (κ2) is 7.84. The number of hydrogen-bond donors (Lipinski definition) is 0. The minimum absolute atomic E-state index is 0.139. The van der Waals surface area contributed by atoms with Gasteiger partial charge in [-0.2, -0.15) is 0 Å². The molecule has 0 radical (unpaired) electrons. The quantitative estimate of drug-likeness (QED) is 0.439. The van der Waals surface area contributed by atoms with Gasteiger partial charge in [-0.15, -0.1) is 0 Å². The predicted octanol–water partition coefficient (Wildman–Crippen LogP) is 4.48. The molecule has 158 valence electrons. The first kappa shape index (κ1) is 19.3. The molecule has 0 saturated heterocycles. The Labute approximate surface area is 181 Å². The van der Waals surface area contributed by atoms with E-state index in [1.54, 1.807) is 55.7 Å². The highest BCUT2D eigenvalue weighted by Gasteiger charge is 2.26. The molecule has 2 aromatic heterocycles. The van der Waals surface area contributed by atoms with Crippen molar-refractivity contribution < 1.29 is 28.2 Å². The molecule has 9 heteroatoms. The van der Waals surface area contributed by atoms with Crippen molar-refractivity contribution in [2.75, 3.05) is 25.9 Å². The number of hydrogen-bond acceptors (Lipinski definition) is 8. The summed E-state index contributed by atoms with van der Waals surface area (Å²) in [4.78, 5) is 19.8. The zero-order chi connectivity index (χ0) is 21.4. The number of methoxy groups -OCH3 is 2. The lowest BCUT2D eigenvalue weighted by atomic mass is 10.1. The Morgan fingerprint density at radius 3 is 2.68 bits per heavy atom. The third kappa shape index (κ3) is 3.42. The van der Waals surface area contributed by atoms with Crippen molar-refractivity contribution in [2.24, 2.45) is 0 Å². The van der Waals surface area contributed by atoms with Crippen molar-refractivity contribution in [3.05, 3.63) is 60.1 Å². The van der Waals surface area contributed by atoms with Gasteiger partial charge in [0, 0.05) is 5.56 Å². The smallest absolute Gasteiger partial charge is 0.260 e. The topological polar surface area (TPSA) is 83.3 Å². The van der Waals surface area contributed by atoms with Crippen molar-refractivity contribution in [3.8, 4) is 23.0 Å². The summed E-state index contributed by atoms with van der Waals surface area (Å²) in [5, 5.41) is 0.497. The van der Waals surface area contributed by atoms with Gasteiger partial charge in [0.25, 0.3) is 5.91 Å². The summed E-state index contributed by atoms with van der Waals surface area (Å²) in [6, 6.07) is 12.3. The molecule has 0 spiro atoms. The normalized spacial score (nSPS) is 12.2. The lowest BCUT2D eigenvalue weighted by Crippen LogP contribution is -2.30. The number of benzene rings is 2.